The second-order valence-corrected chi connectivity index (χ2v) is 5.56. The summed E-state index contributed by atoms with van der Waals surface area (Å²) < 4.78 is 4.91. The number of halogens is 2. The summed E-state index contributed by atoms with van der Waals surface area (Å²) in [4.78, 5) is 16.3. The molecule has 0 spiro atoms. The van der Waals surface area contributed by atoms with Crippen molar-refractivity contribution in [3.05, 3.63) is 0 Å². The lowest BCUT2D eigenvalue weighted by molar-refractivity contribution is -0.120. The van der Waals surface area contributed by atoms with Crippen molar-refractivity contribution in [3.8, 4) is 0 Å². The summed E-state index contributed by atoms with van der Waals surface area (Å²) in [6.07, 6.45) is 2.44. The molecule has 1 aliphatic heterocycles. The molecule has 1 fully saturated rings. The second kappa shape index (κ2) is 14.5. The van der Waals surface area contributed by atoms with Crippen LogP contribution in [0.15, 0.2) is 0 Å². The quantitative estimate of drug-likeness (QED) is 0.577. The van der Waals surface area contributed by atoms with Gasteiger partial charge in [0.2, 0.25) is 5.91 Å². The molecule has 0 aromatic rings. The van der Waals surface area contributed by atoms with Crippen LogP contribution in [0.1, 0.15) is 12.8 Å². The van der Waals surface area contributed by atoms with Crippen molar-refractivity contribution in [2.45, 2.75) is 18.9 Å². The zero-order chi connectivity index (χ0) is 14.8. The zero-order valence-electron chi connectivity index (χ0n) is 14.0. The lowest BCUT2D eigenvalue weighted by Crippen LogP contribution is -2.45. The first-order chi connectivity index (χ1) is 9.63. The van der Waals surface area contributed by atoms with E-state index in [1.165, 1.54) is 12.8 Å². The molecule has 2 N–H and O–H groups in total. The van der Waals surface area contributed by atoms with Crippen molar-refractivity contribution < 1.29 is 9.53 Å². The van der Waals surface area contributed by atoms with Crippen molar-refractivity contribution in [1.29, 1.82) is 0 Å². The fourth-order valence-electron chi connectivity index (χ4n) is 2.45. The Morgan fingerprint density at radius 1 is 1.23 bits per heavy atom. The maximum absolute atomic E-state index is 11.5. The molecule has 1 saturated heterocycles. The number of hydrogen-bond acceptors (Lipinski definition) is 5. The molecule has 8 heteroatoms. The van der Waals surface area contributed by atoms with Crippen LogP contribution in [0.25, 0.3) is 0 Å². The van der Waals surface area contributed by atoms with E-state index in [2.05, 4.69) is 34.5 Å². The van der Waals surface area contributed by atoms with Crippen molar-refractivity contribution in [2.75, 3.05) is 67.1 Å². The van der Waals surface area contributed by atoms with Gasteiger partial charge in [0.1, 0.15) is 0 Å². The van der Waals surface area contributed by atoms with E-state index in [-0.39, 0.29) is 30.7 Å². The normalized spacial score (nSPS) is 16.0. The van der Waals surface area contributed by atoms with Crippen LogP contribution in [0.4, 0.5) is 0 Å². The third kappa shape index (κ3) is 10.6. The summed E-state index contributed by atoms with van der Waals surface area (Å²) >= 11 is 0. The number of carbonyl (C=O) groups is 1. The molecule has 1 amide bonds. The Labute approximate surface area is 147 Å². The number of carbonyl (C=O) groups excluding carboxylic acids is 1. The van der Waals surface area contributed by atoms with E-state index in [0.29, 0.717) is 25.7 Å². The largest absolute Gasteiger partial charge is 0.383 e. The molecule has 22 heavy (non-hydrogen) atoms. The van der Waals surface area contributed by atoms with E-state index in [9.17, 15) is 4.79 Å². The van der Waals surface area contributed by atoms with Gasteiger partial charge in [0.05, 0.1) is 13.2 Å². The predicted octanol–water partition coefficient (Wildman–Crippen LogP) is 0.208. The molecular weight excluding hydrogens is 327 g/mol. The van der Waals surface area contributed by atoms with E-state index < -0.39 is 0 Å². The fourth-order valence-corrected chi connectivity index (χ4v) is 2.45. The molecule has 0 aliphatic carbocycles. The van der Waals surface area contributed by atoms with Gasteiger partial charge in [-0.25, -0.2) is 0 Å². The summed E-state index contributed by atoms with van der Waals surface area (Å²) in [5.41, 5.74) is 0. The van der Waals surface area contributed by atoms with E-state index in [1.54, 1.807) is 7.11 Å². The van der Waals surface area contributed by atoms with Crippen molar-refractivity contribution in [1.82, 2.24) is 20.4 Å². The minimum absolute atomic E-state index is 0. The van der Waals surface area contributed by atoms with Crippen molar-refractivity contribution in [2.24, 2.45) is 0 Å². The van der Waals surface area contributed by atoms with Crippen LogP contribution < -0.4 is 10.6 Å². The Morgan fingerprint density at radius 2 is 1.86 bits per heavy atom. The summed E-state index contributed by atoms with van der Waals surface area (Å²) in [5.74, 6) is 0.0595. The highest BCUT2D eigenvalue weighted by Crippen LogP contribution is 2.13. The van der Waals surface area contributed by atoms with Gasteiger partial charge in [0, 0.05) is 32.8 Å². The smallest absolute Gasteiger partial charge is 0.234 e. The molecule has 0 saturated carbocycles. The van der Waals surface area contributed by atoms with Gasteiger partial charge in [-0.3, -0.25) is 4.79 Å². The molecule has 0 aromatic heterocycles. The average molecular weight is 359 g/mol. The van der Waals surface area contributed by atoms with Gasteiger partial charge < -0.3 is 25.2 Å². The minimum Gasteiger partial charge on any atom is -0.383 e. The molecule has 6 nitrogen and oxygen atoms in total. The van der Waals surface area contributed by atoms with Gasteiger partial charge in [-0.2, -0.15) is 0 Å². The predicted molar refractivity (Wildman–Crippen MR) is 95.4 cm³/mol. The molecule has 134 valence electrons. The van der Waals surface area contributed by atoms with Crippen LogP contribution in [0.2, 0.25) is 0 Å². The molecule has 1 aliphatic rings. The average Bonchev–Trinajstić information content (AvgIpc) is 2.44. The van der Waals surface area contributed by atoms with Gasteiger partial charge in [-0.1, -0.05) is 0 Å². The molecule has 0 radical (unpaired) electrons. The summed E-state index contributed by atoms with van der Waals surface area (Å²) in [5, 5.41) is 5.98. The Morgan fingerprint density at radius 3 is 2.41 bits per heavy atom. The first-order valence-corrected chi connectivity index (χ1v) is 7.48. The topological polar surface area (TPSA) is 56.8 Å². The molecular formula is C14H32Cl2N4O2. The standard InChI is InChI=1S/C14H30N4O2.2ClH/c1-17(2)13-4-8-18(9-5-13)10-6-16-14(19)12-15-7-11-20-3;;/h13,15H,4-12H2,1-3H3,(H,16,19);2*1H. The highest BCUT2D eigenvalue weighted by atomic mass is 35.5. The van der Waals surface area contributed by atoms with Gasteiger partial charge >= 0.3 is 0 Å². The van der Waals surface area contributed by atoms with Crippen LogP contribution in [0.5, 0.6) is 0 Å². The van der Waals surface area contributed by atoms with Gasteiger partial charge in [-0.15, -0.1) is 24.8 Å². The number of nitrogens with zero attached hydrogens (tertiary/aromatic N) is 2. The molecule has 0 unspecified atom stereocenters. The SMILES string of the molecule is COCCNCC(=O)NCCN1CCC(N(C)C)CC1.Cl.Cl. The first-order valence-electron chi connectivity index (χ1n) is 7.48. The maximum atomic E-state index is 11.5. The van der Waals surface area contributed by atoms with Gasteiger partial charge in [0.15, 0.2) is 0 Å². The number of methoxy groups -OCH3 is 1. The number of likely N-dealkylation sites (tertiary alicyclic amines) is 1. The Kier molecular flexibility index (Phi) is 15.9. The van der Waals surface area contributed by atoms with E-state index in [0.717, 1.165) is 26.2 Å². The number of rotatable bonds is 9. The third-order valence-electron chi connectivity index (χ3n) is 3.81. The summed E-state index contributed by atoms with van der Waals surface area (Å²) in [6, 6.07) is 0.714. The number of nitrogens with one attached hydrogen (secondary N) is 2. The Hall–Kier alpha value is -0.110. The number of piperidine rings is 1. The monoisotopic (exact) mass is 358 g/mol. The number of hydrogen-bond donors (Lipinski definition) is 2. The minimum atomic E-state index is 0. The number of amides is 1. The fraction of sp³-hybridized carbons (Fsp3) is 0.929. The van der Waals surface area contributed by atoms with Gasteiger partial charge in [-0.05, 0) is 40.0 Å². The number of ether oxygens (including phenoxy) is 1. The second-order valence-electron chi connectivity index (χ2n) is 5.56. The molecule has 0 bridgehead atoms. The van der Waals surface area contributed by atoms with Crippen LogP contribution in [-0.2, 0) is 9.53 Å². The molecule has 1 heterocycles. The van der Waals surface area contributed by atoms with Gasteiger partial charge in [0.25, 0.3) is 0 Å². The third-order valence-corrected chi connectivity index (χ3v) is 3.81. The molecule has 0 atom stereocenters. The van der Waals surface area contributed by atoms with Crippen molar-refractivity contribution >= 4 is 30.7 Å². The maximum Gasteiger partial charge on any atom is 0.234 e. The lowest BCUT2D eigenvalue weighted by atomic mass is 10.0. The van der Waals surface area contributed by atoms with Crippen molar-refractivity contribution in [3.63, 3.8) is 0 Å². The Bertz CT molecular complexity index is 276. The molecule has 1 rings (SSSR count). The summed E-state index contributed by atoms with van der Waals surface area (Å²) in [7, 11) is 5.95. The van der Waals surface area contributed by atoms with E-state index in [1.807, 2.05) is 0 Å². The van der Waals surface area contributed by atoms with Crippen LogP contribution in [0, 0.1) is 0 Å². The first kappa shape index (κ1) is 24.1. The molecule has 0 aromatic carbocycles. The highest BCUT2D eigenvalue weighted by Gasteiger charge is 2.19. The van der Waals surface area contributed by atoms with E-state index in [4.69, 9.17) is 4.74 Å². The van der Waals surface area contributed by atoms with Crippen LogP contribution >= 0.6 is 24.8 Å². The summed E-state index contributed by atoms with van der Waals surface area (Å²) in [6.45, 7) is 5.65. The van der Waals surface area contributed by atoms with Crippen LogP contribution in [-0.4, -0.2) is 88.8 Å². The van der Waals surface area contributed by atoms with E-state index >= 15 is 0 Å². The zero-order valence-corrected chi connectivity index (χ0v) is 15.6. The lowest BCUT2D eigenvalue weighted by Gasteiger charge is -2.35. The highest BCUT2D eigenvalue weighted by molar-refractivity contribution is 5.85. The van der Waals surface area contributed by atoms with Crippen LogP contribution in [0.3, 0.4) is 0 Å². The Balaban J connectivity index is 0.